The average molecular weight is 421 g/mol. The number of Topliss-reactive ketones (excluding diaryl/α,β-unsaturated/α-hetero) is 2. The van der Waals surface area contributed by atoms with Crippen LogP contribution in [-0.4, -0.2) is 66.7 Å². The van der Waals surface area contributed by atoms with Crippen molar-refractivity contribution in [2.75, 3.05) is 39.4 Å². The number of rotatable bonds is 7. The summed E-state index contributed by atoms with van der Waals surface area (Å²) in [5.74, 6) is -2.46. The SMILES string of the molecule is Cc1ccc(C(=O)C2C(=O)C(=O)N(CCCN3CCOCC3)C2c2ccccc2)cc1. The third-order valence-corrected chi connectivity index (χ3v) is 6.14. The molecule has 2 fully saturated rings. The van der Waals surface area contributed by atoms with Gasteiger partial charge in [0.2, 0.25) is 5.78 Å². The summed E-state index contributed by atoms with van der Waals surface area (Å²) in [7, 11) is 0. The molecule has 0 saturated carbocycles. The Morgan fingerprint density at radius 1 is 0.968 bits per heavy atom. The average Bonchev–Trinajstić information content (AvgIpc) is 3.05. The van der Waals surface area contributed by atoms with Gasteiger partial charge in [-0.25, -0.2) is 0 Å². The van der Waals surface area contributed by atoms with Crippen molar-refractivity contribution < 1.29 is 19.1 Å². The van der Waals surface area contributed by atoms with E-state index in [2.05, 4.69) is 4.90 Å². The maximum absolute atomic E-state index is 13.3. The van der Waals surface area contributed by atoms with E-state index in [1.54, 1.807) is 17.0 Å². The molecular weight excluding hydrogens is 392 g/mol. The van der Waals surface area contributed by atoms with Crippen LogP contribution in [0.2, 0.25) is 0 Å². The quantitative estimate of drug-likeness (QED) is 0.391. The molecule has 0 radical (unpaired) electrons. The van der Waals surface area contributed by atoms with E-state index in [0.29, 0.717) is 12.1 Å². The van der Waals surface area contributed by atoms with Gasteiger partial charge in [-0.1, -0.05) is 60.2 Å². The number of hydrogen-bond donors (Lipinski definition) is 0. The first-order valence-corrected chi connectivity index (χ1v) is 10.9. The van der Waals surface area contributed by atoms with Gasteiger partial charge in [-0.2, -0.15) is 0 Å². The topological polar surface area (TPSA) is 66.9 Å². The van der Waals surface area contributed by atoms with Gasteiger partial charge in [0.15, 0.2) is 5.78 Å². The number of ketones is 2. The molecule has 2 aliphatic heterocycles. The molecule has 31 heavy (non-hydrogen) atoms. The van der Waals surface area contributed by atoms with Crippen molar-refractivity contribution in [3.05, 3.63) is 71.3 Å². The van der Waals surface area contributed by atoms with E-state index >= 15 is 0 Å². The molecule has 0 bridgehead atoms. The second-order valence-corrected chi connectivity index (χ2v) is 8.23. The zero-order valence-electron chi connectivity index (χ0n) is 17.8. The van der Waals surface area contributed by atoms with Gasteiger partial charge in [0.05, 0.1) is 19.3 Å². The normalized spacial score (nSPS) is 22.2. The van der Waals surface area contributed by atoms with E-state index in [1.165, 1.54) is 0 Å². The number of benzene rings is 2. The van der Waals surface area contributed by atoms with Crippen LogP contribution in [0.3, 0.4) is 0 Å². The molecule has 2 atom stereocenters. The fraction of sp³-hybridized carbons (Fsp3) is 0.400. The molecule has 6 nitrogen and oxygen atoms in total. The van der Waals surface area contributed by atoms with Crippen LogP contribution in [0.25, 0.3) is 0 Å². The number of morpholine rings is 1. The van der Waals surface area contributed by atoms with E-state index in [0.717, 1.165) is 50.4 Å². The molecule has 0 spiro atoms. The lowest BCUT2D eigenvalue weighted by atomic mass is 9.86. The van der Waals surface area contributed by atoms with E-state index in [9.17, 15) is 14.4 Å². The lowest BCUT2D eigenvalue weighted by molar-refractivity contribution is -0.140. The van der Waals surface area contributed by atoms with E-state index in [4.69, 9.17) is 4.74 Å². The number of ether oxygens (including phenoxy) is 1. The zero-order chi connectivity index (χ0) is 21.8. The fourth-order valence-corrected chi connectivity index (χ4v) is 4.44. The first-order chi connectivity index (χ1) is 15.1. The number of amides is 1. The Morgan fingerprint density at radius 3 is 2.32 bits per heavy atom. The predicted octanol–water partition coefficient (Wildman–Crippen LogP) is 2.67. The number of nitrogens with zero attached hydrogens (tertiary/aromatic N) is 2. The molecule has 0 N–H and O–H groups in total. The molecule has 2 aromatic carbocycles. The highest BCUT2D eigenvalue weighted by Gasteiger charge is 2.51. The molecule has 6 heteroatoms. The second kappa shape index (κ2) is 9.54. The Balaban J connectivity index is 1.58. The highest BCUT2D eigenvalue weighted by molar-refractivity contribution is 6.44. The van der Waals surface area contributed by atoms with Crippen molar-refractivity contribution in [2.45, 2.75) is 19.4 Å². The number of carbonyl (C=O) groups is 3. The van der Waals surface area contributed by atoms with Crippen LogP contribution in [0.1, 0.15) is 33.9 Å². The lowest BCUT2D eigenvalue weighted by Gasteiger charge is -2.30. The summed E-state index contributed by atoms with van der Waals surface area (Å²) in [6.07, 6.45) is 0.744. The third kappa shape index (κ3) is 4.60. The van der Waals surface area contributed by atoms with Crippen LogP contribution in [0.4, 0.5) is 0 Å². The minimum absolute atomic E-state index is 0.289. The van der Waals surface area contributed by atoms with Crippen LogP contribution in [-0.2, 0) is 14.3 Å². The molecule has 0 aliphatic carbocycles. The van der Waals surface area contributed by atoms with Crippen molar-refractivity contribution in [3.63, 3.8) is 0 Å². The first-order valence-electron chi connectivity index (χ1n) is 10.9. The van der Waals surface area contributed by atoms with Crippen LogP contribution >= 0.6 is 0 Å². The Hall–Kier alpha value is -2.83. The summed E-state index contributed by atoms with van der Waals surface area (Å²) in [5.41, 5.74) is 2.32. The molecule has 2 heterocycles. The highest BCUT2D eigenvalue weighted by atomic mass is 16.5. The monoisotopic (exact) mass is 420 g/mol. The summed E-state index contributed by atoms with van der Waals surface area (Å²) >= 11 is 0. The van der Waals surface area contributed by atoms with Crippen molar-refractivity contribution in [2.24, 2.45) is 5.92 Å². The van der Waals surface area contributed by atoms with Gasteiger partial charge in [0.25, 0.3) is 5.91 Å². The molecule has 2 aliphatic rings. The number of likely N-dealkylation sites (tertiary alicyclic amines) is 1. The highest BCUT2D eigenvalue weighted by Crippen LogP contribution is 2.38. The summed E-state index contributed by atoms with van der Waals surface area (Å²) in [5, 5.41) is 0. The van der Waals surface area contributed by atoms with Gasteiger partial charge in [-0.05, 0) is 18.9 Å². The second-order valence-electron chi connectivity index (χ2n) is 8.23. The summed E-state index contributed by atoms with van der Waals surface area (Å²) in [6.45, 7) is 6.43. The molecule has 162 valence electrons. The van der Waals surface area contributed by atoms with Crippen molar-refractivity contribution >= 4 is 17.5 Å². The Morgan fingerprint density at radius 2 is 1.65 bits per heavy atom. The Bertz CT molecular complexity index is 936. The van der Waals surface area contributed by atoms with Crippen molar-refractivity contribution in [1.82, 2.24) is 9.80 Å². The standard InChI is InChI=1S/C25H28N2O4/c1-18-8-10-20(11-9-18)23(28)21-22(19-6-3-2-4-7-19)27(25(30)24(21)29)13-5-12-26-14-16-31-17-15-26/h2-4,6-11,21-22H,5,12-17H2,1H3. The Labute approximate surface area is 182 Å². The van der Waals surface area contributed by atoms with E-state index < -0.39 is 23.7 Å². The molecule has 2 saturated heterocycles. The largest absolute Gasteiger partial charge is 0.379 e. The molecule has 4 rings (SSSR count). The zero-order valence-corrected chi connectivity index (χ0v) is 17.8. The van der Waals surface area contributed by atoms with Crippen LogP contribution in [0, 0.1) is 12.8 Å². The maximum Gasteiger partial charge on any atom is 0.291 e. The van der Waals surface area contributed by atoms with Crippen molar-refractivity contribution in [3.8, 4) is 0 Å². The molecule has 1 amide bonds. The molecule has 2 unspecified atom stereocenters. The van der Waals surface area contributed by atoms with E-state index in [-0.39, 0.29) is 5.78 Å². The fourth-order valence-electron chi connectivity index (χ4n) is 4.44. The van der Waals surface area contributed by atoms with Gasteiger partial charge in [-0.15, -0.1) is 0 Å². The van der Waals surface area contributed by atoms with Gasteiger partial charge in [0, 0.05) is 31.7 Å². The molecular formula is C25H28N2O4. The predicted molar refractivity (Wildman–Crippen MR) is 117 cm³/mol. The molecule has 0 aromatic heterocycles. The third-order valence-electron chi connectivity index (χ3n) is 6.14. The van der Waals surface area contributed by atoms with Gasteiger partial charge < -0.3 is 9.64 Å². The molecule has 2 aromatic rings. The maximum atomic E-state index is 13.3. The summed E-state index contributed by atoms with van der Waals surface area (Å²) in [4.78, 5) is 43.2. The summed E-state index contributed by atoms with van der Waals surface area (Å²) in [6, 6.07) is 16.0. The minimum atomic E-state index is -1.01. The van der Waals surface area contributed by atoms with Gasteiger partial charge in [0.1, 0.15) is 5.92 Å². The smallest absolute Gasteiger partial charge is 0.291 e. The van der Waals surface area contributed by atoms with Crippen LogP contribution in [0.5, 0.6) is 0 Å². The van der Waals surface area contributed by atoms with Crippen LogP contribution < -0.4 is 0 Å². The van der Waals surface area contributed by atoms with Gasteiger partial charge >= 0.3 is 0 Å². The number of aryl methyl sites for hydroxylation is 1. The van der Waals surface area contributed by atoms with Crippen LogP contribution in [0.15, 0.2) is 54.6 Å². The minimum Gasteiger partial charge on any atom is -0.379 e. The first kappa shape index (κ1) is 21.4. The van der Waals surface area contributed by atoms with E-state index in [1.807, 2.05) is 49.4 Å². The Kier molecular flexibility index (Phi) is 6.59. The number of carbonyl (C=O) groups excluding carboxylic acids is 3. The summed E-state index contributed by atoms with van der Waals surface area (Å²) < 4.78 is 5.39. The number of hydrogen-bond acceptors (Lipinski definition) is 5. The van der Waals surface area contributed by atoms with Crippen molar-refractivity contribution in [1.29, 1.82) is 0 Å². The van der Waals surface area contributed by atoms with Gasteiger partial charge in [-0.3, -0.25) is 19.3 Å². The lowest BCUT2D eigenvalue weighted by Crippen LogP contribution is -2.39.